The van der Waals surface area contributed by atoms with Crippen molar-refractivity contribution in [2.24, 2.45) is 0 Å². The molecule has 0 N–H and O–H groups in total. The molecule has 77 heavy (non-hydrogen) atoms. The molecule has 376 valence electrons. The van der Waals surface area contributed by atoms with Gasteiger partial charge in [-0.1, -0.05) is 142 Å². The van der Waals surface area contributed by atoms with Crippen LogP contribution in [0.15, 0.2) is 158 Å². The number of halogens is 5. The van der Waals surface area contributed by atoms with Gasteiger partial charge in [0.05, 0.1) is 39.0 Å². The van der Waals surface area contributed by atoms with Crippen LogP contribution in [-0.4, -0.2) is 9.13 Å². The lowest BCUT2D eigenvalue weighted by molar-refractivity contribution is 0.381. The molecule has 10 aromatic carbocycles. The third kappa shape index (κ3) is 8.25. The van der Waals surface area contributed by atoms with Gasteiger partial charge in [-0.15, -0.1) is 0 Å². The molecule has 0 aliphatic carbocycles. The molecule has 0 spiro atoms. The van der Waals surface area contributed by atoms with Crippen molar-refractivity contribution < 1.29 is 22.0 Å². The lowest BCUT2D eigenvalue weighted by Crippen LogP contribution is -2.08. The van der Waals surface area contributed by atoms with Crippen LogP contribution in [0.4, 0.5) is 22.0 Å². The summed E-state index contributed by atoms with van der Waals surface area (Å²) in [6, 6.07) is 55.1. The van der Waals surface area contributed by atoms with Gasteiger partial charge in [0, 0.05) is 21.5 Å². The lowest BCUT2D eigenvalue weighted by atomic mass is 9.97. The van der Waals surface area contributed by atoms with E-state index in [1.54, 1.807) is 0 Å². The van der Waals surface area contributed by atoms with Gasteiger partial charge in [0.1, 0.15) is 11.6 Å². The Hall–Kier alpha value is -9.06. The van der Waals surface area contributed by atoms with Crippen LogP contribution in [0.3, 0.4) is 0 Å². The summed E-state index contributed by atoms with van der Waals surface area (Å²) in [7, 11) is 0. The average Bonchev–Trinajstić information content (AvgIpc) is 4.14. The van der Waals surface area contributed by atoms with Crippen LogP contribution in [0.1, 0.15) is 50.1 Å². The molecule has 0 saturated carbocycles. The van der Waals surface area contributed by atoms with Crippen LogP contribution in [0.25, 0.3) is 111 Å². The number of nitrogens with zero attached hydrogens (tertiary/aromatic N) is 3. The number of aromatic nitrogens is 2. The van der Waals surface area contributed by atoms with Crippen molar-refractivity contribution in [1.29, 1.82) is 5.26 Å². The van der Waals surface area contributed by atoms with Gasteiger partial charge < -0.3 is 9.13 Å². The minimum Gasteiger partial charge on any atom is -0.308 e. The predicted octanol–water partition coefficient (Wildman–Crippen LogP) is 19.3. The number of hydrogen-bond donors (Lipinski definition) is 0. The lowest BCUT2D eigenvalue weighted by Gasteiger charge is -2.19. The number of fused-ring (bicyclic) bond motifs is 6. The van der Waals surface area contributed by atoms with E-state index >= 15 is 17.6 Å². The summed E-state index contributed by atoms with van der Waals surface area (Å²) in [6.07, 6.45) is 0. The van der Waals surface area contributed by atoms with Crippen molar-refractivity contribution in [2.75, 3.05) is 0 Å². The Kier molecular flexibility index (Phi) is 11.6. The Morgan fingerprint density at radius 2 is 0.532 bits per heavy atom. The van der Waals surface area contributed by atoms with Crippen molar-refractivity contribution in [1.82, 2.24) is 9.13 Å². The fraction of sp³-hybridized carbons (Fsp3) is 0.116. The van der Waals surface area contributed by atoms with E-state index in [0.29, 0.717) is 22.1 Å². The monoisotopic (exact) mass is 1020 g/mol. The van der Waals surface area contributed by atoms with Gasteiger partial charge in [-0.05, 0) is 166 Å². The zero-order chi connectivity index (χ0) is 53.9. The van der Waals surface area contributed by atoms with Crippen molar-refractivity contribution >= 4 is 43.6 Å². The zero-order valence-corrected chi connectivity index (χ0v) is 43.7. The van der Waals surface area contributed by atoms with Gasteiger partial charge >= 0.3 is 0 Å². The topological polar surface area (TPSA) is 33.6 Å². The second-order valence-electron chi connectivity index (χ2n) is 21.1. The molecule has 12 rings (SSSR count). The first-order valence-electron chi connectivity index (χ1n) is 25.5. The number of benzene rings is 10. The molecule has 0 aliphatic rings. The molecule has 3 nitrogen and oxygen atoms in total. The summed E-state index contributed by atoms with van der Waals surface area (Å²) in [4.78, 5) is 0. The van der Waals surface area contributed by atoms with E-state index in [9.17, 15) is 9.65 Å². The predicted molar refractivity (Wildman–Crippen MR) is 305 cm³/mol. The molecule has 2 heterocycles. The SMILES string of the molecule is Cc1cc(C)cc(-c2ccc3c(c2)c2cc(-c4cc(C)cc(C)c4)ccc2n3-c2cc(-c3c(F)c(F)c(F)c(F)c3F)cc(-n3c4ccc(-c5cc(C)cc(C)c5)cc4c4cc(-c5cc(C)cc(C)c5)ccc43)c2C#N)c1. The highest BCUT2D eigenvalue weighted by molar-refractivity contribution is 6.14. The molecular weight excluding hydrogens is 966 g/mol. The first-order valence-corrected chi connectivity index (χ1v) is 25.5. The summed E-state index contributed by atoms with van der Waals surface area (Å²) >= 11 is 0. The Morgan fingerprint density at radius 3 is 0.779 bits per heavy atom. The molecule has 0 saturated heterocycles. The summed E-state index contributed by atoms with van der Waals surface area (Å²) in [5, 5.41) is 15.1. The van der Waals surface area contributed by atoms with Gasteiger partial charge in [-0.25, -0.2) is 22.0 Å². The summed E-state index contributed by atoms with van der Waals surface area (Å²) in [5.74, 6) is -10.4. The molecule has 0 unspecified atom stereocenters. The van der Waals surface area contributed by atoms with Crippen molar-refractivity contribution in [3.63, 3.8) is 0 Å². The molecule has 0 bridgehead atoms. The number of aryl methyl sites for hydroxylation is 8. The van der Waals surface area contributed by atoms with Crippen LogP contribution < -0.4 is 0 Å². The highest BCUT2D eigenvalue weighted by atomic mass is 19.2. The maximum atomic E-state index is 16.5. The Balaban J connectivity index is 1.22. The largest absolute Gasteiger partial charge is 0.308 e. The van der Waals surface area contributed by atoms with Crippen LogP contribution in [0.5, 0.6) is 0 Å². The minimum atomic E-state index is -2.26. The Morgan fingerprint density at radius 1 is 0.286 bits per heavy atom. The van der Waals surface area contributed by atoms with Crippen molar-refractivity contribution in [3.8, 4) is 73.1 Å². The highest BCUT2D eigenvalue weighted by Gasteiger charge is 2.30. The third-order valence-corrected chi connectivity index (χ3v) is 14.9. The third-order valence-electron chi connectivity index (χ3n) is 14.9. The molecule has 0 fully saturated rings. The fourth-order valence-corrected chi connectivity index (χ4v) is 11.9. The molecule has 8 heteroatoms. The van der Waals surface area contributed by atoms with E-state index in [0.717, 1.165) is 111 Å². The van der Waals surface area contributed by atoms with Gasteiger partial charge in [0.2, 0.25) is 5.82 Å². The summed E-state index contributed by atoms with van der Waals surface area (Å²) < 4.78 is 82.7. The van der Waals surface area contributed by atoms with Crippen LogP contribution in [0.2, 0.25) is 0 Å². The first kappa shape index (κ1) is 48.9. The fourth-order valence-electron chi connectivity index (χ4n) is 11.9. The number of rotatable bonds is 7. The van der Waals surface area contributed by atoms with Crippen LogP contribution in [-0.2, 0) is 0 Å². The van der Waals surface area contributed by atoms with Gasteiger partial charge in [-0.2, -0.15) is 5.26 Å². The first-order chi connectivity index (χ1) is 36.9. The Labute approximate surface area is 443 Å². The van der Waals surface area contributed by atoms with Crippen LogP contribution >= 0.6 is 0 Å². The molecule has 0 atom stereocenters. The zero-order valence-electron chi connectivity index (χ0n) is 43.7. The van der Waals surface area contributed by atoms with Gasteiger partial charge in [0.15, 0.2) is 23.3 Å². The average molecular weight is 1020 g/mol. The normalized spacial score (nSPS) is 11.7. The standard InChI is InChI=1S/C69H50F5N3/c1-36-17-37(2)22-48(21-36)44-9-13-58-53(29-44)54-30-45(49-23-38(3)18-39(4)24-49)10-14-59(54)76(58)62-33-52(64-65(70)67(72)69(74)68(73)66(64)71)34-63(57(62)35-75)77-60-15-11-46(50-25-40(5)19-41(6)26-50)31-55(60)56-32-47(12-16-61(56)77)51-27-42(7)20-43(8)28-51/h9-34H,1-8H3. The van der Waals surface area contributed by atoms with E-state index in [4.69, 9.17) is 0 Å². The van der Waals surface area contributed by atoms with Crippen molar-refractivity contribution in [2.45, 2.75) is 55.4 Å². The second kappa shape index (κ2) is 18.4. The Bertz CT molecular complexity index is 3990. The van der Waals surface area contributed by atoms with E-state index in [2.05, 4.69) is 159 Å². The molecule has 0 radical (unpaired) electrons. The second-order valence-corrected chi connectivity index (χ2v) is 21.1. The van der Waals surface area contributed by atoms with Crippen LogP contribution in [0, 0.1) is 95.8 Å². The molecule has 0 amide bonds. The van der Waals surface area contributed by atoms with E-state index in [1.165, 1.54) is 12.1 Å². The van der Waals surface area contributed by atoms with Gasteiger partial charge in [-0.3, -0.25) is 0 Å². The smallest absolute Gasteiger partial charge is 0.200 e. The highest BCUT2D eigenvalue weighted by Crippen LogP contribution is 2.45. The van der Waals surface area contributed by atoms with E-state index < -0.39 is 34.6 Å². The van der Waals surface area contributed by atoms with Gasteiger partial charge in [0.25, 0.3) is 0 Å². The maximum absolute atomic E-state index is 16.5. The quantitative estimate of drug-likeness (QED) is 0.0890. The summed E-state index contributed by atoms with van der Waals surface area (Å²) in [6.45, 7) is 16.4. The molecular formula is C69H50F5N3. The number of nitriles is 1. The molecule has 12 aromatic rings. The summed E-state index contributed by atoms with van der Waals surface area (Å²) in [5.41, 5.74) is 18.3. The minimum absolute atomic E-state index is 0.101. The van der Waals surface area contributed by atoms with Crippen molar-refractivity contribution in [3.05, 3.63) is 237 Å². The van der Waals surface area contributed by atoms with E-state index in [1.807, 2.05) is 57.7 Å². The molecule has 2 aromatic heterocycles. The molecule has 0 aliphatic heterocycles. The number of hydrogen-bond acceptors (Lipinski definition) is 1. The van der Waals surface area contributed by atoms with E-state index in [-0.39, 0.29) is 22.5 Å². The maximum Gasteiger partial charge on any atom is 0.200 e.